The second kappa shape index (κ2) is 6.24. The minimum absolute atomic E-state index is 0.100. The van der Waals surface area contributed by atoms with E-state index >= 15 is 0 Å². The standard InChI is InChI=1S/C16H27NO/c1-6-13-7-8-15(18-12(2)9-10-17)14(11-13)16(3,4)5/h7-8,11-12H,6,9-10,17H2,1-5H3. The Bertz CT molecular complexity index is 379. The minimum Gasteiger partial charge on any atom is -0.490 e. The van der Waals surface area contributed by atoms with E-state index in [4.69, 9.17) is 10.5 Å². The van der Waals surface area contributed by atoms with Crippen LogP contribution in [0.1, 0.15) is 52.2 Å². The monoisotopic (exact) mass is 249 g/mol. The molecule has 0 bridgehead atoms. The lowest BCUT2D eigenvalue weighted by Gasteiger charge is -2.25. The first-order valence-corrected chi connectivity index (χ1v) is 6.88. The Hall–Kier alpha value is -1.02. The van der Waals surface area contributed by atoms with E-state index in [1.165, 1.54) is 11.1 Å². The van der Waals surface area contributed by atoms with Crippen LogP contribution in [-0.2, 0) is 11.8 Å². The highest BCUT2D eigenvalue weighted by Crippen LogP contribution is 2.33. The van der Waals surface area contributed by atoms with Crippen molar-refractivity contribution in [2.24, 2.45) is 5.73 Å². The highest BCUT2D eigenvalue weighted by atomic mass is 16.5. The van der Waals surface area contributed by atoms with E-state index in [2.05, 4.69) is 52.8 Å². The van der Waals surface area contributed by atoms with E-state index in [-0.39, 0.29) is 11.5 Å². The van der Waals surface area contributed by atoms with Gasteiger partial charge in [0.25, 0.3) is 0 Å². The van der Waals surface area contributed by atoms with Crippen LogP contribution in [0.4, 0.5) is 0 Å². The van der Waals surface area contributed by atoms with Gasteiger partial charge in [0.15, 0.2) is 0 Å². The molecule has 0 radical (unpaired) electrons. The summed E-state index contributed by atoms with van der Waals surface area (Å²) < 4.78 is 6.03. The van der Waals surface area contributed by atoms with Gasteiger partial charge in [0, 0.05) is 0 Å². The van der Waals surface area contributed by atoms with Crippen LogP contribution in [0.2, 0.25) is 0 Å². The fourth-order valence-electron chi connectivity index (χ4n) is 2.00. The zero-order valence-corrected chi connectivity index (χ0v) is 12.4. The lowest BCUT2D eigenvalue weighted by atomic mass is 9.85. The molecular formula is C16H27NO. The number of nitrogens with two attached hydrogens (primary N) is 1. The quantitative estimate of drug-likeness (QED) is 0.864. The molecule has 1 atom stereocenters. The highest BCUT2D eigenvalue weighted by Gasteiger charge is 2.20. The van der Waals surface area contributed by atoms with E-state index in [0.29, 0.717) is 6.54 Å². The van der Waals surface area contributed by atoms with E-state index in [1.54, 1.807) is 0 Å². The maximum atomic E-state index is 6.03. The summed E-state index contributed by atoms with van der Waals surface area (Å²) in [6, 6.07) is 6.52. The molecule has 0 aliphatic rings. The largest absolute Gasteiger partial charge is 0.490 e. The number of hydrogen-bond donors (Lipinski definition) is 1. The molecule has 0 saturated heterocycles. The summed E-state index contributed by atoms with van der Waals surface area (Å²) in [6.45, 7) is 11.6. The molecule has 1 aromatic rings. The first-order chi connectivity index (χ1) is 8.38. The van der Waals surface area contributed by atoms with Gasteiger partial charge < -0.3 is 10.5 Å². The first kappa shape index (κ1) is 15.0. The van der Waals surface area contributed by atoms with Crippen LogP contribution >= 0.6 is 0 Å². The van der Waals surface area contributed by atoms with E-state index in [0.717, 1.165) is 18.6 Å². The summed E-state index contributed by atoms with van der Waals surface area (Å²) >= 11 is 0. The molecule has 1 unspecified atom stereocenters. The molecule has 0 amide bonds. The summed E-state index contributed by atoms with van der Waals surface area (Å²) in [4.78, 5) is 0. The number of hydrogen-bond acceptors (Lipinski definition) is 2. The topological polar surface area (TPSA) is 35.2 Å². The molecule has 1 aromatic carbocycles. The number of ether oxygens (including phenoxy) is 1. The zero-order chi connectivity index (χ0) is 13.8. The Labute approximate surface area is 112 Å². The predicted octanol–water partition coefficient (Wildman–Crippen LogP) is 3.66. The summed E-state index contributed by atoms with van der Waals surface area (Å²) in [7, 11) is 0. The normalized spacial score (nSPS) is 13.4. The van der Waals surface area contributed by atoms with Crippen LogP contribution in [-0.4, -0.2) is 12.6 Å². The fourth-order valence-corrected chi connectivity index (χ4v) is 2.00. The van der Waals surface area contributed by atoms with Crippen molar-refractivity contribution >= 4 is 0 Å². The average Bonchev–Trinajstić information content (AvgIpc) is 2.28. The van der Waals surface area contributed by atoms with Crippen molar-refractivity contribution in [1.29, 1.82) is 0 Å². The van der Waals surface area contributed by atoms with Gasteiger partial charge in [-0.3, -0.25) is 0 Å². The molecule has 2 heteroatoms. The Morgan fingerprint density at radius 3 is 2.44 bits per heavy atom. The van der Waals surface area contributed by atoms with Crippen molar-refractivity contribution < 1.29 is 4.74 Å². The molecule has 2 N–H and O–H groups in total. The van der Waals surface area contributed by atoms with Crippen molar-refractivity contribution in [3.05, 3.63) is 29.3 Å². The van der Waals surface area contributed by atoms with E-state index in [9.17, 15) is 0 Å². The molecule has 0 saturated carbocycles. The van der Waals surface area contributed by atoms with Crippen LogP contribution in [0.5, 0.6) is 5.75 Å². The SMILES string of the molecule is CCc1ccc(OC(C)CCN)c(C(C)(C)C)c1. The van der Waals surface area contributed by atoms with Gasteiger partial charge in [-0.15, -0.1) is 0 Å². The van der Waals surface area contributed by atoms with Gasteiger partial charge in [0.05, 0.1) is 6.10 Å². The molecule has 2 nitrogen and oxygen atoms in total. The van der Waals surface area contributed by atoms with Gasteiger partial charge in [0.1, 0.15) is 5.75 Å². The van der Waals surface area contributed by atoms with Crippen molar-refractivity contribution in [2.75, 3.05) is 6.54 Å². The summed E-state index contributed by atoms with van der Waals surface area (Å²) in [5.41, 5.74) is 8.32. The highest BCUT2D eigenvalue weighted by molar-refractivity contribution is 5.41. The zero-order valence-electron chi connectivity index (χ0n) is 12.4. The lowest BCUT2D eigenvalue weighted by molar-refractivity contribution is 0.209. The molecule has 0 aromatic heterocycles. The smallest absolute Gasteiger partial charge is 0.123 e. The first-order valence-electron chi connectivity index (χ1n) is 6.88. The van der Waals surface area contributed by atoms with Crippen molar-refractivity contribution in [1.82, 2.24) is 0 Å². The average molecular weight is 249 g/mol. The fraction of sp³-hybridized carbons (Fsp3) is 0.625. The molecular weight excluding hydrogens is 222 g/mol. The maximum Gasteiger partial charge on any atom is 0.123 e. The van der Waals surface area contributed by atoms with Crippen molar-refractivity contribution in [3.63, 3.8) is 0 Å². The van der Waals surface area contributed by atoms with Crippen LogP contribution in [0.3, 0.4) is 0 Å². The van der Waals surface area contributed by atoms with E-state index in [1.807, 2.05) is 0 Å². The molecule has 1 rings (SSSR count). The number of benzene rings is 1. The molecule has 0 spiro atoms. The number of aryl methyl sites for hydroxylation is 1. The van der Waals surface area contributed by atoms with Gasteiger partial charge in [-0.2, -0.15) is 0 Å². The third kappa shape index (κ3) is 4.02. The van der Waals surface area contributed by atoms with Gasteiger partial charge in [-0.25, -0.2) is 0 Å². The Morgan fingerprint density at radius 1 is 1.28 bits per heavy atom. The van der Waals surface area contributed by atoms with Crippen molar-refractivity contribution in [3.8, 4) is 5.75 Å². The second-order valence-corrected chi connectivity index (χ2v) is 5.94. The van der Waals surface area contributed by atoms with Gasteiger partial charge in [-0.05, 0) is 48.9 Å². The molecule has 0 heterocycles. The van der Waals surface area contributed by atoms with Crippen LogP contribution < -0.4 is 10.5 Å². The summed E-state index contributed by atoms with van der Waals surface area (Å²) in [6.07, 6.45) is 2.12. The third-order valence-electron chi connectivity index (χ3n) is 3.16. The second-order valence-electron chi connectivity index (χ2n) is 5.94. The van der Waals surface area contributed by atoms with Crippen LogP contribution in [0.15, 0.2) is 18.2 Å². The van der Waals surface area contributed by atoms with Gasteiger partial charge >= 0.3 is 0 Å². The Morgan fingerprint density at radius 2 is 1.94 bits per heavy atom. The lowest BCUT2D eigenvalue weighted by Crippen LogP contribution is -2.20. The van der Waals surface area contributed by atoms with Crippen molar-refractivity contribution in [2.45, 2.75) is 59.0 Å². The van der Waals surface area contributed by atoms with Gasteiger partial charge in [-0.1, -0.05) is 39.8 Å². The van der Waals surface area contributed by atoms with E-state index < -0.39 is 0 Å². The van der Waals surface area contributed by atoms with Crippen LogP contribution in [0, 0.1) is 0 Å². The predicted molar refractivity (Wildman–Crippen MR) is 78.3 cm³/mol. The summed E-state index contributed by atoms with van der Waals surface area (Å²) in [5, 5.41) is 0. The van der Waals surface area contributed by atoms with Crippen LogP contribution in [0.25, 0.3) is 0 Å². The van der Waals surface area contributed by atoms with Gasteiger partial charge in [0.2, 0.25) is 0 Å². The minimum atomic E-state index is 0.100. The molecule has 0 aliphatic heterocycles. The molecule has 0 aliphatic carbocycles. The Balaban J connectivity index is 3.03. The molecule has 18 heavy (non-hydrogen) atoms. The summed E-state index contributed by atoms with van der Waals surface area (Å²) in [5.74, 6) is 1.00. The molecule has 102 valence electrons. The number of rotatable bonds is 5. The maximum absolute atomic E-state index is 6.03. The third-order valence-corrected chi connectivity index (χ3v) is 3.16. The molecule has 0 fully saturated rings. The Kier molecular flexibility index (Phi) is 5.21.